The van der Waals surface area contributed by atoms with E-state index in [4.69, 9.17) is 16.7 Å². The number of aromatic nitrogens is 1. The minimum absolute atomic E-state index is 0.561. The molecule has 0 amide bonds. The highest BCUT2D eigenvalue weighted by Gasteiger charge is 2.03. The lowest BCUT2D eigenvalue weighted by Crippen LogP contribution is -1.89. The zero-order valence-corrected chi connectivity index (χ0v) is 8.98. The van der Waals surface area contributed by atoms with E-state index >= 15 is 0 Å². The van der Waals surface area contributed by atoms with Crippen LogP contribution in [-0.4, -0.2) is 16.1 Å². The van der Waals surface area contributed by atoms with E-state index < -0.39 is 5.97 Å². The summed E-state index contributed by atoms with van der Waals surface area (Å²) in [4.78, 5) is 14.6. The Morgan fingerprint density at radius 2 is 2.19 bits per heavy atom. The topological polar surface area (TPSA) is 50.2 Å². The van der Waals surface area contributed by atoms with Gasteiger partial charge in [-0.3, -0.25) is 4.98 Å². The molecule has 1 aromatic heterocycles. The lowest BCUT2D eigenvalue weighted by atomic mass is 10.1. The van der Waals surface area contributed by atoms with Crippen LogP contribution in [0.2, 0.25) is 5.02 Å². The van der Waals surface area contributed by atoms with E-state index in [-0.39, 0.29) is 0 Å². The molecular formula is C12H8ClNO2. The maximum absolute atomic E-state index is 10.4. The standard InChI is InChI=1S/C12H8ClNO2/c13-9-3-1-2-8-6-7-14-10(12(8)9)4-5-11(15)16/h1-7H,(H,15,16)/b5-4+. The van der Waals surface area contributed by atoms with E-state index in [0.29, 0.717) is 10.7 Å². The summed E-state index contributed by atoms with van der Waals surface area (Å²) in [5.74, 6) is -1.01. The number of carboxylic acid groups (broad SMARTS) is 1. The SMILES string of the molecule is O=C(O)/C=C/c1nccc2cccc(Cl)c12. The molecule has 1 aromatic carbocycles. The Morgan fingerprint density at radius 3 is 2.94 bits per heavy atom. The van der Waals surface area contributed by atoms with E-state index in [9.17, 15) is 4.79 Å². The average Bonchev–Trinajstić information content (AvgIpc) is 2.26. The summed E-state index contributed by atoms with van der Waals surface area (Å²) in [6.07, 6.45) is 4.11. The Hall–Kier alpha value is -1.87. The first-order chi connectivity index (χ1) is 7.68. The summed E-state index contributed by atoms with van der Waals surface area (Å²) in [5.41, 5.74) is 0.561. The number of carboxylic acids is 1. The number of pyridine rings is 1. The molecule has 0 spiro atoms. The van der Waals surface area contributed by atoms with Crippen molar-refractivity contribution < 1.29 is 9.90 Å². The Labute approximate surface area is 97.0 Å². The van der Waals surface area contributed by atoms with Crippen molar-refractivity contribution in [3.63, 3.8) is 0 Å². The molecule has 1 heterocycles. The molecule has 1 N–H and O–H groups in total. The minimum Gasteiger partial charge on any atom is -0.478 e. The van der Waals surface area contributed by atoms with Gasteiger partial charge >= 0.3 is 5.97 Å². The van der Waals surface area contributed by atoms with Gasteiger partial charge in [-0.25, -0.2) is 4.79 Å². The Balaban J connectivity index is 2.65. The number of aliphatic carboxylic acids is 1. The van der Waals surface area contributed by atoms with Crippen LogP contribution < -0.4 is 0 Å². The predicted octanol–water partition coefficient (Wildman–Crippen LogP) is 2.99. The van der Waals surface area contributed by atoms with Crippen molar-refractivity contribution in [2.45, 2.75) is 0 Å². The number of carbonyl (C=O) groups is 1. The van der Waals surface area contributed by atoms with Gasteiger partial charge in [-0.1, -0.05) is 23.7 Å². The molecule has 2 aromatic rings. The number of fused-ring (bicyclic) bond motifs is 1. The number of halogens is 1. The van der Waals surface area contributed by atoms with Gasteiger partial charge in [0.05, 0.1) is 10.7 Å². The fraction of sp³-hybridized carbons (Fsp3) is 0. The monoisotopic (exact) mass is 233 g/mol. The van der Waals surface area contributed by atoms with Crippen LogP contribution >= 0.6 is 11.6 Å². The molecule has 0 saturated carbocycles. The molecule has 0 aliphatic rings. The first-order valence-electron chi connectivity index (χ1n) is 4.63. The van der Waals surface area contributed by atoms with E-state index in [1.165, 1.54) is 6.08 Å². The number of benzene rings is 1. The molecule has 0 saturated heterocycles. The maximum atomic E-state index is 10.4. The number of hydrogen-bond acceptors (Lipinski definition) is 2. The van der Waals surface area contributed by atoms with Crippen LogP contribution in [0, 0.1) is 0 Å². The molecule has 80 valence electrons. The fourth-order valence-electron chi connectivity index (χ4n) is 1.49. The molecule has 0 radical (unpaired) electrons. The molecule has 0 unspecified atom stereocenters. The number of hydrogen-bond donors (Lipinski definition) is 1. The molecule has 0 bridgehead atoms. The molecule has 0 aliphatic heterocycles. The highest BCUT2D eigenvalue weighted by atomic mass is 35.5. The summed E-state index contributed by atoms with van der Waals surface area (Å²) in [7, 11) is 0. The summed E-state index contributed by atoms with van der Waals surface area (Å²) >= 11 is 6.06. The van der Waals surface area contributed by atoms with Crippen LogP contribution in [0.4, 0.5) is 0 Å². The zero-order chi connectivity index (χ0) is 11.5. The van der Waals surface area contributed by atoms with Crippen molar-refractivity contribution in [3.05, 3.63) is 47.3 Å². The highest BCUT2D eigenvalue weighted by Crippen LogP contribution is 2.26. The third kappa shape index (κ3) is 2.04. The molecule has 0 atom stereocenters. The van der Waals surface area contributed by atoms with Gasteiger partial charge in [-0.2, -0.15) is 0 Å². The van der Waals surface area contributed by atoms with Crippen molar-refractivity contribution in [2.75, 3.05) is 0 Å². The van der Waals surface area contributed by atoms with Gasteiger partial charge in [0.15, 0.2) is 0 Å². The highest BCUT2D eigenvalue weighted by molar-refractivity contribution is 6.36. The lowest BCUT2D eigenvalue weighted by molar-refractivity contribution is -0.131. The molecule has 0 aliphatic carbocycles. The first kappa shape index (κ1) is 10.6. The smallest absolute Gasteiger partial charge is 0.328 e. The summed E-state index contributed by atoms with van der Waals surface area (Å²) in [6.45, 7) is 0. The Kier molecular flexibility index (Phi) is 2.88. The van der Waals surface area contributed by atoms with E-state index in [0.717, 1.165) is 16.8 Å². The van der Waals surface area contributed by atoms with Crippen molar-refractivity contribution in [1.29, 1.82) is 0 Å². The first-order valence-corrected chi connectivity index (χ1v) is 5.00. The van der Waals surface area contributed by atoms with Gasteiger partial charge < -0.3 is 5.11 Å². The van der Waals surface area contributed by atoms with Gasteiger partial charge in [0.1, 0.15) is 0 Å². The van der Waals surface area contributed by atoms with Crippen molar-refractivity contribution in [3.8, 4) is 0 Å². The van der Waals surface area contributed by atoms with Crippen molar-refractivity contribution >= 4 is 34.4 Å². The van der Waals surface area contributed by atoms with Gasteiger partial charge in [0.25, 0.3) is 0 Å². The van der Waals surface area contributed by atoms with Crippen LogP contribution in [0.15, 0.2) is 36.5 Å². The summed E-state index contributed by atoms with van der Waals surface area (Å²) in [6, 6.07) is 7.33. The maximum Gasteiger partial charge on any atom is 0.328 e. The molecule has 0 fully saturated rings. The van der Waals surface area contributed by atoms with Gasteiger partial charge in [0, 0.05) is 17.7 Å². The van der Waals surface area contributed by atoms with E-state index in [1.54, 1.807) is 12.3 Å². The molecule has 2 rings (SSSR count). The number of rotatable bonds is 2. The second-order valence-electron chi connectivity index (χ2n) is 3.21. The van der Waals surface area contributed by atoms with Gasteiger partial charge in [-0.15, -0.1) is 0 Å². The van der Waals surface area contributed by atoms with Crippen molar-refractivity contribution in [1.82, 2.24) is 4.98 Å². The molecule has 3 nitrogen and oxygen atoms in total. The third-order valence-electron chi connectivity index (χ3n) is 2.15. The van der Waals surface area contributed by atoms with Crippen LogP contribution in [0.1, 0.15) is 5.69 Å². The van der Waals surface area contributed by atoms with Crippen LogP contribution in [0.5, 0.6) is 0 Å². The summed E-state index contributed by atoms with van der Waals surface area (Å²) < 4.78 is 0. The Morgan fingerprint density at radius 1 is 1.38 bits per heavy atom. The fourth-order valence-corrected chi connectivity index (χ4v) is 1.77. The quantitative estimate of drug-likeness (QED) is 0.812. The van der Waals surface area contributed by atoms with Crippen LogP contribution in [0.25, 0.3) is 16.8 Å². The van der Waals surface area contributed by atoms with Crippen LogP contribution in [0.3, 0.4) is 0 Å². The lowest BCUT2D eigenvalue weighted by Gasteiger charge is -2.02. The molecule has 16 heavy (non-hydrogen) atoms. The second kappa shape index (κ2) is 4.33. The zero-order valence-electron chi connectivity index (χ0n) is 8.22. The molecular weight excluding hydrogens is 226 g/mol. The van der Waals surface area contributed by atoms with Gasteiger partial charge in [-0.05, 0) is 23.6 Å². The second-order valence-corrected chi connectivity index (χ2v) is 3.61. The average molecular weight is 234 g/mol. The van der Waals surface area contributed by atoms with E-state index in [1.807, 2.05) is 18.2 Å². The van der Waals surface area contributed by atoms with E-state index in [2.05, 4.69) is 4.98 Å². The third-order valence-corrected chi connectivity index (χ3v) is 2.47. The predicted molar refractivity (Wildman–Crippen MR) is 63.4 cm³/mol. The Bertz CT molecular complexity index is 573. The largest absolute Gasteiger partial charge is 0.478 e. The minimum atomic E-state index is -1.01. The summed E-state index contributed by atoms with van der Waals surface area (Å²) in [5, 5.41) is 10.8. The van der Waals surface area contributed by atoms with Gasteiger partial charge in [0.2, 0.25) is 0 Å². The van der Waals surface area contributed by atoms with Crippen LogP contribution in [-0.2, 0) is 4.79 Å². The number of nitrogens with zero attached hydrogens (tertiary/aromatic N) is 1. The van der Waals surface area contributed by atoms with Crippen molar-refractivity contribution in [2.24, 2.45) is 0 Å². The normalized spacial score (nSPS) is 11.1. The molecule has 4 heteroatoms.